The van der Waals surface area contributed by atoms with E-state index in [2.05, 4.69) is 21.2 Å². The van der Waals surface area contributed by atoms with Gasteiger partial charge in [-0.1, -0.05) is 22.0 Å². The van der Waals surface area contributed by atoms with Crippen molar-refractivity contribution in [2.75, 3.05) is 7.05 Å². The van der Waals surface area contributed by atoms with Gasteiger partial charge in [-0.15, -0.1) is 12.4 Å². The van der Waals surface area contributed by atoms with E-state index in [-0.39, 0.29) is 18.2 Å². The largest absolute Gasteiger partial charge is 0.316 e. The Balaban J connectivity index is 0.00000121. The molecular formula is C8H10BrClFN. The van der Waals surface area contributed by atoms with Crippen LogP contribution in [-0.2, 0) is 6.54 Å². The van der Waals surface area contributed by atoms with Crippen molar-refractivity contribution in [2.24, 2.45) is 0 Å². The van der Waals surface area contributed by atoms with E-state index in [1.807, 2.05) is 6.07 Å². The van der Waals surface area contributed by atoms with Crippen molar-refractivity contribution in [1.82, 2.24) is 5.32 Å². The second kappa shape index (κ2) is 5.51. The molecule has 4 heteroatoms. The van der Waals surface area contributed by atoms with Crippen LogP contribution in [0, 0.1) is 5.82 Å². The molecule has 0 fully saturated rings. The van der Waals surface area contributed by atoms with Gasteiger partial charge in [0.05, 0.1) is 0 Å². The van der Waals surface area contributed by atoms with E-state index >= 15 is 0 Å². The molecule has 1 rings (SSSR count). The zero-order valence-electron chi connectivity index (χ0n) is 6.60. The summed E-state index contributed by atoms with van der Waals surface area (Å²) in [4.78, 5) is 0. The van der Waals surface area contributed by atoms with Gasteiger partial charge in [0.25, 0.3) is 0 Å². The van der Waals surface area contributed by atoms with Crippen LogP contribution in [0.3, 0.4) is 0 Å². The maximum Gasteiger partial charge on any atom is 0.128 e. The third kappa shape index (κ3) is 2.73. The molecule has 1 nitrogen and oxygen atoms in total. The van der Waals surface area contributed by atoms with Crippen LogP contribution in [0.4, 0.5) is 4.39 Å². The molecule has 0 spiro atoms. The first kappa shape index (κ1) is 11.9. The fourth-order valence-corrected chi connectivity index (χ4v) is 1.36. The van der Waals surface area contributed by atoms with Gasteiger partial charge in [0.1, 0.15) is 5.82 Å². The summed E-state index contributed by atoms with van der Waals surface area (Å²) in [7, 11) is 1.79. The summed E-state index contributed by atoms with van der Waals surface area (Å²) in [6, 6.07) is 4.96. The molecule has 0 atom stereocenters. The molecule has 0 amide bonds. The Kier molecular flexibility index (Phi) is 5.46. The molecule has 0 aromatic heterocycles. The Labute approximate surface area is 85.9 Å². The Bertz CT molecular complexity index is 235. The first-order valence-corrected chi connectivity index (χ1v) is 4.12. The van der Waals surface area contributed by atoms with Gasteiger partial charge >= 0.3 is 0 Å². The standard InChI is InChI=1S/C8H9BrFN.ClH/c1-11-5-6-7(9)3-2-4-8(6)10;/h2-4,11H,5H2,1H3;1H. The number of rotatable bonds is 2. The van der Waals surface area contributed by atoms with Crippen LogP contribution in [0.2, 0.25) is 0 Å². The van der Waals surface area contributed by atoms with E-state index in [9.17, 15) is 4.39 Å². The minimum Gasteiger partial charge on any atom is -0.316 e. The van der Waals surface area contributed by atoms with Crippen LogP contribution in [0.1, 0.15) is 5.56 Å². The van der Waals surface area contributed by atoms with Gasteiger partial charge in [0.2, 0.25) is 0 Å². The molecule has 1 N–H and O–H groups in total. The van der Waals surface area contributed by atoms with Crippen molar-refractivity contribution in [3.8, 4) is 0 Å². The molecule has 0 aliphatic heterocycles. The fraction of sp³-hybridized carbons (Fsp3) is 0.250. The molecular weight excluding hydrogens is 244 g/mol. The van der Waals surface area contributed by atoms with Gasteiger partial charge < -0.3 is 5.32 Å². The van der Waals surface area contributed by atoms with Gasteiger partial charge in [-0.25, -0.2) is 4.39 Å². The minimum atomic E-state index is -0.172. The Hall–Kier alpha value is -0.120. The number of benzene rings is 1. The highest BCUT2D eigenvalue weighted by atomic mass is 79.9. The molecule has 0 radical (unpaired) electrons. The second-order valence-corrected chi connectivity index (χ2v) is 3.08. The van der Waals surface area contributed by atoms with Crippen LogP contribution in [0.5, 0.6) is 0 Å². The molecule has 1 aromatic rings. The van der Waals surface area contributed by atoms with Gasteiger partial charge in [-0.05, 0) is 19.2 Å². The molecule has 68 valence electrons. The number of nitrogens with one attached hydrogen (secondary N) is 1. The molecule has 0 heterocycles. The van der Waals surface area contributed by atoms with Crippen LogP contribution in [-0.4, -0.2) is 7.05 Å². The highest BCUT2D eigenvalue weighted by Crippen LogP contribution is 2.18. The SMILES string of the molecule is CNCc1c(F)cccc1Br.Cl. The lowest BCUT2D eigenvalue weighted by Crippen LogP contribution is -2.07. The van der Waals surface area contributed by atoms with Gasteiger partial charge in [-0.2, -0.15) is 0 Å². The maximum atomic E-state index is 13.0. The third-order valence-corrected chi connectivity index (χ3v) is 2.16. The third-order valence-electron chi connectivity index (χ3n) is 1.42. The number of hydrogen-bond acceptors (Lipinski definition) is 1. The highest BCUT2D eigenvalue weighted by molar-refractivity contribution is 9.10. The summed E-state index contributed by atoms with van der Waals surface area (Å²) in [6.07, 6.45) is 0. The molecule has 0 aliphatic rings. The fourth-order valence-electron chi connectivity index (χ4n) is 0.878. The molecule has 0 unspecified atom stereocenters. The van der Waals surface area contributed by atoms with E-state index in [1.165, 1.54) is 6.07 Å². The Morgan fingerprint density at radius 2 is 2.17 bits per heavy atom. The molecule has 0 aliphatic carbocycles. The number of hydrogen-bond donors (Lipinski definition) is 1. The van der Waals surface area contributed by atoms with E-state index in [1.54, 1.807) is 13.1 Å². The van der Waals surface area contributed by atoms with E-state index in [0.717, 1.165) is 4.47 Å². The van der Waals surface area contributed by atoms with Crippen molar-refractivity contribution >= 4 is 28.3 Å². The van der Waals surface area contributed by atoms with Crippen molar-refractivity contribution in [3.63, 3.8) is 0 Å². The molecule has 1 aromatic carbocycles. The van der Waals surface area contributed by atoms with Crippen LogP contribution >= 0.6 is 28.3 Å². The first-order valence-electron chi connectivity index (χ1n) is 3.33. The average molecular weight is 255 g/mol. The molecule has 0 saturated heterocycles. The summed E-state index contributed by atoms with van der Waals surface area (Å²) in [5.74, 6) is -0.172. The lowest BCUT2D eigenvalue weighted by atomic mass is 10.2. The quantitative estimate of drug-likeness (QED) is 0.856. The summed E-state index contributed by atoms with van der Waals surface area (Å²) >= 11 is 3.27. The van der Waals surface area contributed by atoms with Crippen LogP contribution in [0.15, 0.2) is 22.7 Å². The first-order chi connectivity index (χ1) is 5.25. The lowest BCUT2D eigenvalue weighted by Gasteiger charge is -2.03. The average Bonchev–Trinajstić information content (AvgIpc) is 1.97. The van der Waals surface area contributed by atoms with Crippen LogP contribution in [0.25, 0.3) is 0 Å². The summed E-state index contributed by atoms with van der Waals surface area (Å²) in [5, 5.41) is 2.90. The molecule has 12 heavy (non-hydrogen) atoms. The van der Waals surface area contributed by atoms with E-state index in [0.29, 0.717) is 12.1 Å². The topological polar surface area (TPSA) is 12.0 Å². The highest BCUT2D eigenvalue weighted by Gasteiger charge is 2.03. The summed E-state index contributed by atoms with van der Waals surface area (Å²) in [5.41, 5.74) is 0.676. The second-order valence-electron chi connectivity index (χ2n) is 2.23. The summed E-state index contributed by atoms with van der Waals surface area (Å²) in [6.45, 7) is 0.549. The van der Waals surface area contributed by atoms with Crippen molar-refractivity contribution in [3.05, 3.63) is 34.1 Å². The van der Waals surface area contributed by atoms with Crippen molar-refractivity contribution in [2.45, 2.75) is 6.54 Å². The minimum absolute atomic E-state index is 0. The van der Waals surface area contributed by atoms with Gasteiger partial charge in [-0.3, -0.25) is 0 Å². The Morgan fingerprint density at radius 3 is 2.67 bits per heavy atom. The summed E-state index contributed by atoms with van der Waals surface area (Å²) < 4.78 is 13.8. The monoisotopic (exact) mass is 253 g/mol. The van der Waals surface area contributed by atoms with E-state index in [4.69, 9.17) is 0 Å². The zero-order valence-corrected chi connectivity index (χ0v) is 9.01. The molecule has 0 bridgehead atoms. The molecule has 0 saturated carbocycles. The van der Waals surface area contributed by atoms with Crippen molar-refractivity contribution < 1.29 is 4.39 Å². The predicted octanol–water partition coefficient (Wildman–Crippen LogP) is 2.73. The van der Waals surface area contributed by atoms with Crippen LogP contribution < -0.4 is 5.32 Å². The maximum absolute atomic E-state index is 13.0. The Morgan fingerprint density at radius 1 is 1.50 bits per heavy atom. The normalized spacial score (nSPS) is 9.25. The van der Waals surface area contributed by atoms with Gasteiger partial charge in [0, 0.05) is 16.6 Å². The van der Waals surface area contributed by atoms with Gasteiger partial charge in [0.15, 0.2) is 0 Å². The van der Waals surface area contributed by atoms with E-state index < -0.39 is 0 Å². The zero-order chi connectivity index (χ0) is 8.27. The number of halogens is 3. The predicted molar refractivity (Wildman–Crippen MR) is 54.1 cm³/mol. The van der Waals surface area contributed by atoms with Crippen molar-refractivity contribution in [1.29, 1.82) is 0 Å². The smallest absolute Gasteiger partial charge is 0.128 e. The lowest BCUT2D eigenvalue weighted by molar-refractivity contribution is 0.599.